The molecule has 4 heteroatoms. The van der Waals surface area contributed by atoms with Crippen molar-refractivity contribution in [1.29, 1.82) is 0 Å². The first-order valence-electron chi connectivity index (χ1n) is 8.34. The summed E-state index contributed by atoms with van der Waals surface area (Å²) in [5.41, 5.74) is 2.46. The summed E-state index contributed by atoms with van der Waals surface area (Å²) in [6.07, 6.45) is -0.626. The van der Waals surface area contributed by atoms with Crippen LogP contribution >= 0.6 is 0 Å². The van der Waals surface area contributed by atoms with E-state index in [1.54, 1.807) is 79.7 Å². The highest BCUT2D eigenvalue weighted by molar-refractivity contribution is 6.17. The summed E-state index contributed by atoms with van der Waals surface area (Å²) < 4.78 is 0. The highest BCUT2D eigenvalue weighted by Crippen LogP contribution is 2.20. The van der Waals surface area contributed by atoms with E-state index in [1.807, 2.05) is 6.07 Å². The van der Waals surface area contributed by atoms with Crippen molar-refractivity contribution in [3.8, 4) is 0 Å². The minimum Gasteiger partial charge on any atom is -0.389 e. The number of rotatable bonds is 5. The Balaban J connectivity index is 1.89. The molecule has 0 unspecified atom stereocenters. The fraction of sp³-hybridized carbons (Fsp3) is 0.0909. The van der Waals surface area contributed by atoms with Gasteiger partial charge >= 0.3 is 0 Å². The predicted molar refractivity (Wildman–Crippen MR) is 101 cm³/mol. The maximum atomic E-state index is 12.8. The molecule has 0 aromatic heterocycles. The molecule has 3 aromatic carbocycles. The van der Waals surface area contributed by atoms with Crippen molar-refractivity contribution in [2.75, 3.05) is 5.32 Å². The van der Waals surface area contributed by atoms with E-state index in [2.05, 4.69) is 5.32 Å². The number of aliphatic hydroxyl groups excluding tert-OH is 1. The van der Waals surface area contributed by atoms with Gasteiger partial charge in [-0.05, 0) is 30.7 Å². The number of anilines is 1. The summed E-state index contributed by atoms with van der Waals surface area (Å²) in [6.45, 7) is 1.66. The molecule has 130 valence electrons. The lowest BCUT2D eigenvalue weighted by molar-refractivity contribution is 0.0996. The van der Waals surface area contributed by atoms with E-state index in [9.17, 15) is 14.7 Å². The van der Waals surface area contributed by atoms with Crippen LogP contribution in [0.5, 0.6) is 0 Å². The number of aliphatic hydroxyl groups is 1. The maximum Gasteiger partial charge on any atom is 0.256 e. The van der Waals surface area contributed by atoms with Crippen LogP contribution in [0.2, 0.25) is 0 Å². The van der Waals surface area contributed by atoms with Crippen molar-refractivity contribution < 1.29 is 14.7 Å². The number of benzene rings is 3. The van der Waals surface area contributed by atoms with E-state index in [-0.39, 0.29) is 11.7 Å². The molecule has 2 N–H and O–H groups in total. The predicted octanol–water partition coefficient (Wildman–Crippen LogP) is 4.22. The van der Waals surface area contributed by atoms with Gasteiger partial charge in [0.25, 0.3) is 5.91 Å². The highest BCUT2D eigenvalue weighted by atomic mass is 16.3. The SMILES string of the molecule is C[C@H](O)c1cccc(NC(=O)c2ccccc2C(=O)c2ccccc2)c1. The van der Waals surface area contributed by atoms with Crippen molar-refractivity contribution >= 4 is 17.4 Å². The molecule has 4 nitrogen and oxygen atoms in total. The zero-order valence-electron chi connectivity index (χ0n) is 14.3. The topological polar surface area (TPSA) is 66.4 Å². The molecule has 0 saturated carbocycles. The van der Waals surface area contributed by atoms with Crippen molar-refractivity contribution in [3.63, 3.8) is 0 Å². The van der Waals surface area contributed by atoms with Crippen LogP contribution in [0.15, 0.2) is 78.9 Å². The van der Waals surface area contributed by atoms with Gasteiger partial charge in [-0.25, -0.2) is 0 Å². The van der Waals surface area contributed by atoms with Gasteiger partial charge in [0.05, 0.1) is 11.7 Å². The van der Waals surface area contributed by atoms with Gasteiger partial charge in [0, 0.05) is 16.8 Å². The maximum absolute atomic E-state index is 12.8. The van der Waals surface area contributed by atoms with Crippen molar-refractivity contribution in [2.45, 2.75) is 13.0 Å². The molecule has 0 radical (unpaired) electrons. The molecular formula is C22H19NO3. The first-order chi connectivity index (χ1) is 12.6. The Bertz CT molecular complexity index is 933. The second kappa shape index (κ2) is 7.76. The summed E-state index contributed by atoms with van der Waals surface area (Å²) in [4.78, 5) is 25.5. The third-order valence-electron chi connectivity index (χ3n) is 4.08. The molecule has 0 bridgehead atoms. The quantitative estimate of drug-likeness (QED) is 0.680. The van der Waals surface area contributed by atoms with Gasteiger partial charge in [-0.3, -0.25) is 9.59 Å². The number of hydrogen-bond donors (Lipinski definition) is 2. The fourth-order valence-electron chi connectivity index (χ4n) is 2.70. The van der Waals surface area contributed by atoms with Gasteiger partial charge < -0.3 is 10.4 Å². The average Bonchev–Trinajstić information content (AvgIpc) is 2.68. The highest BCUT2D eigenvalue weighted by Gasteiger charge is 2.18. The molecule has 1 atom stereocenters. The van der Waals surface area contributed by atoms with E-state index in [1.165, 1.54) is 0 Å². The number of carbonyl (C=O) groups excluding carboxylic acids is 2. The fourth-order valence-corrected chi connectivity index (χ4v) is 2.70. The van der Waals surface area contributed by atoms with Crippen LogP contribution in [-0.4, -0.2) is 16.8 Å². The molecule has 26 heavy (non-hydrogen) atoms. The second-order valence-corrected chi connectivity index (χ2v) is 6.00. The van der Waals surface area contributed by atoms with Gasteiger partial charge in [-0.2, -0.15) is 0 Å². The standard InChI is InChI=1S/C22H19NO3/c1-15(24)17-10-7-11-18(14-17)23-22(26)20-13-6-5-12-19(20)21(25)16-8-3-2-4-9-16/h2-15,24H,1H3,(H,23,26)/t15-/m0/s1. The normalized spacial score (nSPS) is 11.6. The molecule has 0 aliphatic rings. The van der Waals surface area contributed by atoms with Crippen LogP contribution in [0.3, 0.4) is 0 Å². The lowest BCUT2D eigenvalue weighted by atomic mass is 9.98. The van der Waals surface area contributed by atoms with Crippen LogP contribution in [0.1, 0.15) is 44.9 Å². The van der Waals surface area contributed by atoms with E-state index in [0.29, 0.717) is 27.9 Å². The third kappa shape index (κ3) is 3.87. The zero-order valence-corrected chi connectivity index (χ0v) is 14.3. The molecule has 0 spiro atoms. The minimum atomic E-state index is -0.626. The smallest absolute Gasteiger partial charge is 0.256 e. The molecule has 0 aliphatic heterocycles. The Labute approximate surface area is 152 Å². The second-order valence-electron chi connectivity index (χ2n) is 6.00. The van der Waals surface area contributed by atoms with Crippen LogP contribution in [0.25, 0.3) is 0 Å². The molecule has 1 amide bonds. The molecule has 3 rings (SSSR count). The van der Waals surface area contributed by atoms with E-state index < -0.39 is 6.10 Å². The summed E-state index contributed by atoms with van der Waals surface area (Å²) >= 11 is 0. The van der Waals surface area contributed by atoms with Gasteiger partial charge in [-0.15, -0.1) is 0 Å². The van der Waals surface area contributed by atoms with Crippen LogP contribution in [-0.2, 0) is 0 Å². The first-order valence-corrected chi connectivity index (χ1v) is 8.34. The van der Waals surface area contributed by atoms with E-state index in [4.69, 9.17) is 0 Å². The lowest BCUT2D eigenvalue weighted by Crippen LogP contribution is -2.17. The molecule has 3 aromatic rings. The van der Waals surface area contributed by atoms with Gasteiger partial charge in [0.15, 0.2) is 5.78 Å². The van der Waals surface area contributed by atoms with Gasteiger partial charge in [0.1, 0.15) is 0 Å². The Hall–Kier alpha value is -3.24. The first kappa shape index (κ1) is 17.6. The molecular weight excluding hydrogens is 326 g/mol. The van der Waals surface area contributed by atoms with E-state index in [0.717, 1.165) is 0 Å². The van der Waals surface area contributed by atoms with Crippen LogP contribution < -0.4 is 5.32 Å². The average molecular weight is 345 g/mol. The molecule has 0 aliphatic carbocycles. The Morgan fingerprint density at radius 3 is 2.19 bits per heavy atom. The summed E-state index contributed by atoms with van der Waals surface area (Å²) in [5.74, 6) is -0.568. The Morgan fingerprint density at radius 1 is 0.846 bits per heavy atom. The van der Waals surface area contributed by atoms with Crippen LogP contribution in [0, 0.1) is 0 Å². The largest absolute Gasteiger partial charge is 0.389 e. The lowest BCUT2D eigenvalue weighted by Gasteiger charge is -2.11. The summed E-state index contributed by atoms with van der Waals surface area (Å²) in [7, 11) is 0. The zero-order chi connectivity index (χ0) is 18.5. The van der Waals surface area contributed by atoms with Crippen molar-refractivity contribution in [1.82, 2.24) is 0 Å². The molecule has 0 saturated heterocycles. The number of amides is 1. The molecule has 0 heterocycles. The van der Waals surface area contributed by atoms with Crippen molar-refractivity contribution in [3.05, 3.63) is 101 Å². The number of carbonyl (C=O) groups is 2. The summed E-state index contributed by atoms with van der Waals surface area (Å²) in [5, 5.41) is 12.5. The Morgan fingerprint density at radius 2 is 1.50 bits per heavy atom. The number of hydrogen-bond acceptors (Lipinski definition) is 3. The van der Waals surface area contributed by atoms with Gasteiger partial charge in [0.2, 0.25) is 0 Å². The Kier molecular flexibility index (Phi) is 5.25. The monoisotopic (exact) mass is 345 g/mol. The van der Waals surface area contributed by atoms with E-state index >= 15 is 0 Å². The van der Waals surface area contributed by atoms with Crippen LogP contribution in [0.4, 0.5) is 5.69 Å². The minimum absolute atomic E-state index is 0.200. The van der Waals surface area contributed by atoms with Crippen molar-refractivity contribution in [2.24, 2.45) is 0 Å². The summed E-state index contributed by atoms with van der Waals surface area (Å²) in [6, 6.07) is 22.6. The number of ketones is 1. The van der Waals surface area contributed by atoms with Gasteiger partial charge in [-0.1, -0.05) is 60.7 Å². The number of nitrogens with one attached hydrogen (secondary N) is 1. The molecule has 0 fully saturated rings. The third-order valence-corrected chi connectivity index (χ3v) is 4.08.